The number of halogens is 1. The van der Waals surface area contributed by atoms with E-state index in [1.165, 1.54) is 17.0 Å². The average molecular weight is 300 g/mol. The number of benzene rings is 2. The monoisotopic (exact) mass is 299 g/mol. The standard InChI is InChI=1S/C16H10ClNO3/c1-9-13-4-2-3-5-14(13)15(19)18(9)12-7-10(16(20)21)6-11(17)8-12/h2-8H,1H2,(H,20,21). The van der Waals surface area contributed by atoms with Gasteiger partial charge in [0, 0.05) is 16.1 Å². The molecule has 1 amide bonds. The first-order valence-electron chi connectivity index (χ1n) is 6.15. The first-order valence-corrected chi connectivity index (χ1v) is 6.53. The molecule has 0 spiro atoms. The molecule has 0 unspecified atom stereocenters. The quantitative estimate of drug-likeness (QED) is 0.920. The van der Waals surface area contributed by atoms with Gasteiger partial charge in [0.25, 0.3) is 5.91 Å². The summed E-state index contributed by atoms with van der Waals surface area (Å²) >= 11 is 5.95. The van der Waals surface area contributed by atoms with Crippen LogP contribution in [0.5, 0.6) is 0 Å². The van der Waals surface area contributed by atoms with Gasteiger partial charge in [-0.15, -0.1) is 0 Å². The highest BCUT2D eigenvalue weighted by Crippen LogP contribution is 2.36. The molecule has 0 saturated heterocycles. The van der Waals surface area contributed by atoms with Crippen LogP contribution in [0.25, 0.3) is 5.70 Å². The van der Waals surface area contributed by atoms with Gasteiger partial charge in [-0.25, -0.2) is 4.79 Å². The molecule has 2 aromatic rings. The third-order valence-corrected chi connectivity index (χ3v) is 3.55. The van der Waals surface area contributed by atoms with Crippen LogP contribution in [0.4, 0.5) is 5.69 Å². The first kappa shape index (κ1) is 13.4. The molecular formula is C16H10ClNO3. The SMILES string of the molecule is C=C1c2ccccc2C(=O)N1c1cc(Cl)cc(C(=O)O)c1. The summed E-state index contributed by atoms with van der Waals surface area (Å²) in [6.45, 7) is 3.92. The largest absolute Gasteiger partial charge is 0.478 e. The topological polar surface area (TPSA) is 57.6 Å². The minimum Gasteiger partial charge on any atom is -0.478 e. The molecule has 0 bridgehead atoms. The van der Waals surface area contributed by atoms with E-state index in [0.717, 1.165) is 5.56 Å². The van der Waals surface area contributed by atoms with Gasteiger partial charge in [-0.1, -0.05) is 36.4 Å². The minimum atomic E-state index is -1.10. The van der Waals surface area contributed by atoms with E-state index in [1.54, 1.807) is 24.3 Å². The Morgan fingerprint density at radius 2 is 1.81 bits per heavy atom. The summed E-state index contributed by atoms with van der Waals surface area (Å²) in [5.74, 6) is -1.34. The fourth-order valence-corrected chi connectivity index (χ4v) is 2.61. The number of carboxylic acid groups (broad SMARTS) is 1. The number of carbonyl (C=O) groups excluding carboxylic acids is 1. The van der Waals surface area contributed by atoms with Crippen molar-refractivity contribution in [3.8, 4) is 0 Å². The number of hydrogen-bond donors (Lipinski definition) is 1. The Kier molecular flexibility index (Phi) is 3.03. The van der Waals surface area contributed by atoms with Gasteiger partial charge in [0.1, 0.15) is 0 Å². The molecule has 21 heavy (non-hydrogen) atoms. The van der Waals surface area contributed by atoms with Crippen LogP contribution < -0.4 is 4.90 Å². The van der Waals surface area contributed by atoms with E-state index < -0.39 is 5.97 Å². The molecule has 0 fully saturated rings. The number of rotatable bonds is 2. The van der Waals surface area contributed by atoms with E-state index in [-0.39, 0.29) is 16.5 Å². The Morgan fingerprint density at radius 1 is 1.14 bits per heavy atom. The summed E-state index contributed by atoms with van der Waals surface area (Å²) in [4.78, 5) is 25.0. The van der Waals surface area contributed by atoms with E-state index in [4.69, 9.17) is 16.7 Å². The van der Waals surface area contributed by atoms with Gasteiger partial charge < -0.3 is 5.11 Å². The fraction of sp³-hybridized carbons (Fsp3) is 0. The van der Waals surface area contributed by atoms with Gasteiger partial charge in [-0.2, -0.15) is 0 Å². The zero-order valence-corrected chi connectivity index (χ0v) is 11.6. The summed E-state index contributed by atoms with van der Waals surface area (Å²) in [6.07, 6.45) is 0. The summed E-state index contributed by atoms with van der Waals surface area (Å²) in [5.41, 5.74) is 2.20. The van der Waals surface area contributed by atoms with Crippen molar-refractivity contribution in [1.82, 2.24) is 0 Å². The van der Waals surface area contributed by atoms with E-state index in [1.807, 2.05) is 6.07 Å². The van der Waals surface area contributed by atoms with Crippen LogP contribution in [0.3, 0.4) is 0 Å². The number of anilines is 1. The van der Waals surface area contributed by atoms with Gasteiger partial charge >= 0.3 is 5.97 Å². The van der Waals surface area contributed by atoms with Crippen LogP contribution in [0.1, 0.15) is 26.3 Å². The molecule has 5 heteroatoms. The lowest BCUT2D eigenvalue weighted by Crippen LogP contribution is -2.22. The highest BCUT2D eigenvalue weighted by molar-refractivity contribution is 6.31. The lowest BCUT2D eigenvalue weighted by atomic mass is 10.1. The van der Waals surface area contributed by atoms with E-state index in [0.29, 0.717) is 16.9 Å². The number of carbonyl (C=O) groups is 2. The molecule has 2 aromatic carbocycles. The second kappa shape index (κ2) is 4.75. The van der Waals surface area contributed by atoms with E-state index in [9.17, 15) is 9.59 Å². The maximum Gasteiger partial charge on any atom is 0.335 e. The van der Waals surface area contributed by atoms with Crippen LogP contribution in [0.2, 0.25) is 5.02 Å². The Labute approximate surface area is 125 Å². The molecule has 1 aliphatic heterocycles. The van der Waals surface area contributed by atoms with Crippen molar-refractivity contribution in [2.45, 2.75) is 0 Å². The molecular weight excluding hydrogens is 290 g/mol. The van der Waals surface area contributed by atoms with Crippen LogP contribution in [0.15, 0.2) is 49.0 Å². The Balaban J connectivity index is 2.13. The van der Waals surface area contributed by atoms with Gasteiger partial charge in [0.05, 0.1) is 16.9 Å². The summed E-state index contributed by atoms with van der Waals surface area (Å²) < 4.78 is 0. The number of amides is 1. The van der Waals surface area contributed by atoms with Gasteiger partial charge in [-0.3, -0.25) is 9.69 Å². The molecule has 3 rings (SSSR count). The molecule has 1 heterocycles. The maximum atomic E-state index is 12.5. The van der Waals surface area contributed by atoms with Crippen molar-refractivity contribution >= 4 is 34.9 Å². The summed E-state index contributed by atoms with van der Waals surface area (Å²) in [5, 5.41) is 9.35. The summed E-state index contributed by atoms with van der Waals surface area (Å²) in [6, 6.07) is 11.4. The van der Waals surface area contributed by atoms with Crippen LogP contribution in [-0.2, 0) is 0 Å². The van der Waals surface area contributed by atoms with Crippen LogP contribution in [0, 0.1) is 0 Å². The Hall–Kier alpha value is -2.59. The number of aromatic carboxylic acids is 1. The van der Waals surface area contributed by atoms with Gasteiger partial charge in [-0.05, 0) is 24.3 Å². The lowest BCUT2D eigenvalue weighted by Gasteiger charge is -2.18. The van der Waals surface area contributed by atoms with Crippen LogP contribution in [-0.4, -0.2) is 17.0 Å². The highest BCUT2D eigenvalue weighted by atomic mass is 35.5. The van der Waals surface area contributed by atoms with Crippen molar-refractivity contribution in [1.29, 1.82) is 0 Å². The Bertz CT molecular complexity index is 763. The third-order valence-electron chi connectivity index (χ3n) is 3.33. The second-order valence-corrected chi connectivity index (χ2v) is 5.07. The number of hydrogen-bond acceptors (Lipinski definition) is 2. The molecule has 0 radical (unpaired) electrons. The summed E-state index contributed by atoms with van der Waals surface area (Å²) in [7, 11) is 0. The molecule has 1 N–H and O–H groups in total. The fourth-order valence-electron chi connectivity index (χ4n) is 2.38. The molecule has 0 aromatic heterocycles. The zero-order valence-electron chi connectivity index (χ0n) is 10.8. The average Bonchev–Trinajstić information content (AvgIpc) is 2.71. The number of nitrogens with zero attached hydrogens (tertiary/aromatic N) is 1. The minimum absolute atomic E-state index is 0.0223. The molecule has 0 atom stereocenters. The zero-order chi connectivity index (χ0) is 15.1. The van der Waals surface area contributed by atoms with Crippen molar-refractivity contribution in [2.24, 2.45) is 0 Å². The van der Waals surface area contributed by atoms with Crippen molar-refractivity contribution in [3.05, 3.63) is 70.8 Å². The van der Waals surface area contributed by atoms with E-state index in [2.05, 4.69) is 6.58 Å². The molecule has 0 aliphatic carbocycles. The molecule has 1 aliphatic rings. The molecule has 4 nitrogen and oxygen atoms in total. The predicted octanol–water partition coefficient (Wildman–Crippen LogP) is 3.67. The molecule has 104 valence electrons. The van der Waals surface area contributed by atoms with Crippen molar-refractivity contribution in [3.63, 3.8) is 0 Å². The molecule has 0 saturated carbocycles. The van der Waals surface area contributed by atoms with Gasteiger partial charge in [0.2, 0.25) is 0 Å². The van der Waals surface area contributed by atoms with Crippen molar-refractivity contribution < 1.29 is 14.7 Å². The smallest absolute Gasteiger partial charge is 0.335 e. The lowest BCUT2D eigenvalue weighted by molar-refractivity contribution is 0.0696. The Morgan fingerprint density at radius 3 is 2.43 bits per heavy atom. The highest BCUT2D eigenvalue weighted by Gasteiger charge is 2.32. The van der Waals surface area contributed by atoms with Gasteiger partial charge in [0.15, 0.2) is 0 Å². The number of fused-ring (bicyclic) bond motifs is 1. The predicted molar refractivity (Wildman–Crippen MR) is 80.7 cm³/mol. The normalized spacial score (nSPS) is 13.5. The maximum absolute atomic E-state index is 12.5. The second-order valence-electron chi connectivity index (χ2n) is 4.64. The third kappa shape index (κ3) is 2.10. The number of carboxylic acids is 1. The first-order chi connectivity index (χ1) is 9.99. The van der Waals surface area contributed by atoms with Crippen LogP contribution >= 0.6 is 11.6 Å². The van der Waals surface area contributed by atoms with Crippen molar-refractivity contribution in [2.75, 3.05) is 4.90 Å². The van der Waals surface area contributed by atoms with E-state index >= 15 is 0 Å².